The fourth-order valence-electron chi connectivity index (χ4n) is 2.35. The van der Waals surface area contributed by atoms with Gasteiger partial charge in [0.25, 0.3) is 11.8 Å². The van der Waals surface area contributed by atoms with Gasteiger partial charge in [0.15, 0.2) is 11.5 Å². The highest BCUT2D eigenvalue weighted by atomic mass is 16.5. The van der Waals surface area contributed by atoms with Gasteiger partial charge in [0, 0.05) is 6.08 Å². The second-order valence-electron chi connectivity index (χ2n) is 4.95. The predicted octanol–water partition coefficient (Wildman–Crippen LogP) is 0.147. The Balaban J connectivity index is 2.41. The van der Waals surface area contributed by atoms with Crippen LogP contribution in [0.5, 0.6) is 11.5 Å². The number of hydrogen-bond donors (Lipinski definition) is 2. The van der Waals surface area contributed by atoms with Crippen LogP contribution < -0.4 is 14.8 Å². The highest BCUT2D eigenvalue weighted by molar-refractivity contribution is 6.17. The minimum Gasteiger partial charge on any atom is -0.493 e. The third kappa shape index (κ3) is 3.56. The van der Waals surface area contributed by atoms with Gasteiger partial charge in [-0.25, -0.2) is 4.79 Å². The third-order valence-corrected chi connectivity index (χ3v) is 3.50. The summed E-state index contributed by atoms with van der Waals surface area (Å²) in [6, 6.07) is 2.85. The average Bonchev–Trinajstić information content (AvgIpc) is 2.88. The molecule has 0 saturated heterocycles. The number of nitrogens with one attached hydrogen (secondary N) is 1. The Hall–Kier alpha value is -3.07. The molecule has 1 aliphatic rings. The van der Waals surface area contributed by atoms with E-state index in [1.807, 2.05) is 0 Å². The molecular formula is C16H18N2O7. The number of methoxy groups -OCH3 is 3. The van der Waals surface area contributed by atoms with E-state index in [4.69, 9.17) is 14.6 Å². The zero-order valence-electron chi connectivity index (χ0n) is 14.0. The number of β-amino-alcohol motifs (C(OH)–C–C–N with tert-alkyl or cyclic N) is 1. The lowest BCUT2D eigenvalue weighted by Gasteiger charge is -2.17. The molecular weight excluding hydrogens is 332 g/mol. The van der Waals surface area contributed by atoms with Crippen molar-refractivity contribution in [3.05, 3.63) is 29.5 Å². The van der Waals surface area contributed by atoms with Gasteiger partial charge in [-0.05, 0) is 12.1 Å². The molecule has 1 aliphatic heterocycles. The van der Waals surface area contributed by atoms with Gasteiger partial charge in [0.05, 0.1) is 45.7 Å². The maximum atomic E-state index is 12.2. The molecule has 1 aromatic carbocycles. The van der Waals surface area contributed by atoms with E-state index in [9.17, 15) is 14.4 Å². The van der Waals surface area contributed by atoms with Gasteiger partial charge >= 0.3 is 5.97 Å². The Bertz CT molecular complexity index is 742. The monoisotopic (exact) mass is 350 g/mol. The van der Waals surface area contributed by atoms with Crippen LogP contribution in [0.2, 0.25) is 0 Å². The van der Waals surface area contributed by atoms with Gasteiger partial charge in [-0.3, -0.25) is 14.5 Å². The quantitative estimate of drug-likeness (QED) is 0.527. The first kappa shape index (κ1) is 18.3. The molecule has 25 heavy (non-hydrogen) atoms. The Morgan fingerprint density at radius 2 is 1.92 bits per heavy atom. The van der Waals surface area contributed by atoms with Crippen LogP contribution in [0, 0.1) is 0 Å². The van der Waals surface area contributed by atoms with E-state index in [0.29, 0.717) is 0 Å². The summed E-state index contributed by atoms with van der Waals surface area (Å²) in [6.07, 6.45) is 1.11. The van der Waals surface area contributed by atoms with E-state index >= 15 is 0 Å². The van der Waals surface area contributed by atoms with Crippen LogP contribution >= 0.6 is 0 Å². The molecule has 0 radical (unpaired) electrons. The normalized spacial score (nSPS) is 13.6. The van der Waals surface area contributed by atoms with Crippen molar-refractivity contribution < 1.29 is 33.7 Å². The lowest BCUT2D eigenvalue weighted by molar-refractivity contribution is -0.137. The zero-order chi connectivity index (χ0) is 18.6. The largest absolute Gasteiger partial charge is 0.493 e. The zero-order valence-corrected chi connectivity index (χ0v) is 14.0. The molecule has 1 heterocycles. The minimum absolute atomic E-state index is 0.0131. The number of hydrogen-bond acceptors (Lipinski definition) is 8. The van der Waals surface area contributed by atoms with Crippen molar-refractivity contribution in [1.82, 2.24) is 4.90 Å². The van der Waals surface area contributed by atoms with Crippen LogP contribution in [0.1, 0.15) is 10.4 Å². The van der Waals surface area contributed by atoms with Gasteiger partial charge in [-0.2, -0.15) is 0 Å². The first-order valence-corrected chi connectivity index (χ1v) is 7.26. The topological polar surface area (TPSA) is 114 Å². The van der Waals surface area contributed by atoms with Crippen LogP contribution in [-0.2, 0) is 14.3 Å². The fourth-order valence-corrected chi connectivity index (χ4v) is 2.35. The van der Waals surface area contributed by atoms with Crippen LogP contribution in [0.15, 0.2) is 23.9 Å². The van der Waals surface area contributed by atoms with Crippen LogP contribution in [0.25, 0.3) is 0 Å². The molecule has 0 atom stereocenters. The molecule has 0 saturated carbocycles. The van der Waals surface area contributed by atoms with Crippen molar-refractivity contribution in [2.24, 2.45) is 0 Å². The molecule has 2 amide bonds. The summed E-state index contributed by atoms with van der Waals surface area (Å²) >= 11 is 0. The minimum atomic E-state index is -0.603. The van der Waals surface area contributed by atoms with Crippen LogP contribution in [0.3, 0.4) is 0 Å². The second kappa shape index (κ2) is 7.67. The summed E-state index contributed by atoms with van der Waals surface area (Å²) in [7, 11) is 4.03. The number of ether oxygens (including phenoxy) is 3. The number of aliphatic hydroxyl groups excluding tert-OH is 1. The Morgan fingerprint density at radius 3 is 2.48 bits per heavy atom. The number of anilines is 1. The summed E-state index contributed by atoms with van der Waals surface area (Å²) in [5.41, 5.74) is 0.411. The van der Waals surface area contributed by atoms with Gasteiger partial charge in [0.1, 0.15) is 5.70 Å². The van der Waals surface area contributed by atoms with Crippen LogP contribution in [0.4, 0.5) is 5.69 Å². The molecule has 0 spiro atoms. The van der Waals surface area contributed by atoms with Crippen molar-refractivity contribution >= 4 is 23.5 Å². The average molecular weight is 350 g/mol. The maximum absolute atomic E-state index is 12.2. The Labute approximate surface area is 143 Å². The fraction of sp³-hybridized carbons (Fsp3) is 0.312. The van der Waals surface area contributed by atoms with Crippen molar-refractivity contribution in [3.8, 4) is 11.5 Å². The number of imide groups is 1. The van der Waals surface area contributed by atoms with E-state index in [1.54, 1.807) is 0 Å². The summed E-state index contributed by atoms with van der Waals surface area (Å²) in [5, 5.41) is 11.7. The highest BCUT2D eigenvalue weighted by Crippen LogP contribution is 2.38. The molecule has 9 nitrogen and oxygen atoms in total. The van der Waals surface area contributed by atoms with E-state index in [2.05, 4.69) is 10.1 Å². The number of aliphatic hydroxyl groups is 1. The van der Waals surface area contributed by atoms with E-state index in [-0.39, 0.29) is 41.6 Å². The highest BCUT2D eigenvalue weighted by Gasteiger charge is 2.31. The molecule has 2 N–H and O–H groups in total. The number of benzene rings is 1. The lowest BCUT2D eigenvalue weighted by atomic mass is 10.1. The van der Waals surface area contributed by atoms with Gasteiger partial charge < -0.3 is 24.6 Å². The molecule has 0 aromatic heterocycles. The predicted molar refractivity (Wildman–Crippen MR) is 86.4 cm³/mol. The Kier molecular flexibility index (Phi) is 5.60. The SMILES string of the molecule is COC(=O)c1cc(NC2=CC(=O)N(CCO)C2=O)c(OC)c(OC)c1. The summed E-state index contributed by atoms with van der Waals surface area (Å²) in [6.45, 7) is -0.449. The summed E-state index contributed by atoms with van der Waals surface area (Å²) in [5.74, 6) is -1.25. The third-order valence-electron chi connectivity index (χ3n) is 3.50. The number of carbonyl (C=O) groups excluding carboxylic acids is 3. The van der Waals surface area contributed by atoms with Crippen molar-refractivity contribution in [3.63, 3.8) is 0 Å². The number of rotatable bonds is 7. The first-order valence-electron chi connectivity index (χ1n) is 7.26. The maximum Gasteiger partial charge on any atom is 0.338 e. The summed E-state index contributed by atoms with van der Waals surface area (Å²) < 4.78 is 15.1. The van der Waals surface area contributed by atoms with Crippen molar-refractivity contribution in [1.29, 1.82) is 0 Å². The number of amides is 2. The molecule has 134 valence electrons. The standard InChI is InChI=1S/C16H18N2O7/c1-23-12-7-9(16(22)25-3)6-10(14(12)24-2)17-11-8-13(20)18(4-5-19)15(11)21/h6-8,17,19H,4-5H2,1-3H3. The van der Waals surface area contributed by atoms with Gasteiger partial charge in [-0.15, -0.1) is 0 Å². The molecule has 0 aliphatic carbocycles. The molecule has 0 unspecified atom stereocenters. The number of esters is 1. The van der Waals surface area contributed by atoms with E-state index in [1.165, 1.54) is 33.5 Å². The molecule has 0 bridgehead atoms. The molecule has 2 rings (SSSR count). The molecule has 0 fully saturated rings. The van der Waals surface area contributed by atoms with Crippen molar-refractivity contribution in [2.45, 2.75) is 0 Å². The van der Waals surface area contributed by atoms with Gasteiger partial charge in [-0.1, -0.05) is 0 Å². The smallest absolute Gasteiger partial charge is 0.338 e. The van der Waals surface area contributed by atoms with Crippen LogP contribution in [-0.4, -0.2) is 62.3 Å². The van der Waals surface area contributed by atoms with E-state index in [0.717, 1.165) is 11.0 Å². The second-order valence-corrected chi connectivity index (χ2v) is 4.95. The molecule has 1 aromatic rings. The summed E-state index contributed by atoms with van der Waals surface area (Å²) in [4.78, 5) is 36.8. The number of nitrogens with zero attached hydrogens (tertiary/aromatic N) is 1. The van der Waals surface area contributed by atoms with Crippen molar-refractivity contribution in [2.75, 3.05) is 39.8 Å². The van der Waals surface area contributed by atoms with Gasteiger partial charge in [0.2, 0.25) is 0 Å². The first-order chi connectivity index (χ1) is 12.0. The Morgan fingerprint density at radius 1 is 1.20 bits per heavy atom. The lowest BCUT2D eigenvalue weighted by Crippen LogP contribution is -2.34. The molecule has 9 heteroatoms. The van der Waals surface area contributed by atoms with E-state index < -0.39 is 17.8 Å². The number of carbonyl (C=O) groups is 3.